The molecule has 1 aliphatic rings. The molecule has 2 aromatic rings. The van der Waals surface area contributed by atoms with Crippen molar-refractivity contribution >= 4 is 21.5 Å². The van der Waals surface area contributed by atoms with Gasteiger partial charge in [0.15, 0.2) is 23.1 Å². The number of halogens is 3. The van der Waals surface area contributed by atoms with E-state index in [0.29, 0.717) is 22.0 Å². The van der Waals surface area contributed by atoms with Crippen molar-refractivity contribution in [2.75, 3.05) is 14.2 Å². The molecule has 0 fully saturated rings. The molecule has 7 heteroatoms. The largest absolute Gasteiger partial charge is 0.494 e. The summed E-state index contributed by atoms with van der Waals surface area (Å²) in [6, 6.07) is 2.87. The lowest BCUT2D eigenvalue weighted by Crippen LogP contribution is -2.09. The van der Waals surface area contributed by atoms with E-state index in [0.717, 1.165) is 11.8 Å². The maximum absolute atomic E-state index is 14.6. The number of rotatable bonds is 4. The van der Waals surface area contributed by atoms with E-state index in [2.05, 4.69) is 20.9 Å². The van der Waals surface area contributed by atoms with E-state index in [4.69, 9.17) is 9.47 Å². The minimum Gasteiger partial charge on any atom is -0.494 e. The Labute approximate surface area is 145 Å². The van der Waals surface area contributed by atoms with Gasteiger partial charge in [-0.2, -0.15) is 0 Å². The Balaban J connectivity index is 2.13. The van der Waals surface area contributed by atoms with Gasteiger partial charge in [-0.25, -0.2) is 8.78 Å². The Morgan fingerprint density at radius 1 is 1.17 bits per heavy atom. The normalized spacial score (nSPS) is 14.2. The Morgan fingerprint density at radius 2 is 1.79 bits per heavy atom. The van der Waals surface area contributed by atoms with E-state index in [1.54, 1.807) is 18.3 Å². The van der Waals surface area contributed by atoms with Gasteiger partial charge >= 0.3 is 0 Å². The number of fused-ring (bicyclic) bond motifs is 1. The number of aromatic nitrogens is 1. The zero-order valence-corrected chi connectivity index (χ0v) is 14.5. The third-order valence-electron chi connectivity index (χ3n) is 3.94. The lowest BCUT2D eigenvalue weighted by Gasteiger charge is -2.18. The number of hydrogen-bond donors (Lipinski definition) is 1. The molecule has 0 bridgehead atoms. The van der Waals surface area contributed by atoms with Crippen molar-refractivity contribution < 1.29 is 23.4 Å². The van der Waals surface area contributed by atoms with Gasteiger partial charge < -0.3 is 14.6 Å². The van der Waals surface area contributed by atoms with Gasteiger partial charge in [0, 0.05) is 28.7 Å². The number of methoxy groups -OCH3 is 2. The molecular weight excluding hydrogens is 384 g/mol. The molecular formula is C17H14BrF2NO3. The highest BCUT2D eigenvalue weighted by atomic mass is 79.9. The molecule has 1 aliphatic carbocycles. The zero-order chi connectivity index (χ0) is 17.4. The average molecular weight is 398 g/mol. The van der Waals surface area contributed by atoms with E-state index in [1.165, 1.54) is 14.2 Å². The second-order valence-corrected chi connectivity index (χ2v) is 6.15. The summed E-state index contributed by atoms with van der Waals surface area (Å²) >= 11 is 3.31. The predicted octanol–water partition coefficient (Wildman–Crippen LogP) is 3.81. The van der Waals surface area contributed by atoms with Crippen LogP contribution in [0.2, 0.25) is 0 Å². The number of allylic oxidation sites excluding steroid dienone is 1. The summed E-state index contributed by atoms with van der Waals surface area (Å²) < 4.78 is 39.7. The molecule has 1 atom stereocenters. The summed E-state index contributed by atoms with van der Waals surface area (Å²) in [7, 11) is 2.52. The lowest BCUT2D eigenvalue weighted by molar-refractivity contribution is 0.221. The van der Waals surface area contributed by atoms with Gasteiger partial charge in [0.2, 0.25) is 0 Å². The van der Waals surface area contributed by atoms with Crippen molar-refractivity contribution in [3.63, 3.8) is 0 Å². The number of hydrogen-bond acceptors (Lipinski definition) is 4. The number of benzene rings is 1. The Bertz CT molecular complexity index is 811. The molecule has 1 aromatic heterocycles. The number of nitrogens with zero attached hydrogens (tertiary/aromatic N) is 1. The maximum atomic E-state index is 14.6. The Hall–Kier alpha value is -1.99. The summed E-state index contributed by atoms with van der Waals surface area (Å²) in [5.41, 5.74) is 1.28. The highest BCUT2D eigenvalue weighted by molar-refractivity contribution is 9.10. The van der Waals surface area contributed by atoms with Gasteiger partial charge in [0.05, 0.1) is 25.5 Å². The third-order valence-corrected chi connectivity index (χ3v) is 4.37. The minimum absolute atomic E-state index is 0.200. The zero-order valence-electron chi connectivity index (χ0n) is 12.9. The molecule has 4 nitrogen and oxygen atoms in total. The molecule has 1 aromatic carbocycles. The van der Waals surface area contributed by atoms with Crippen LogP contribution < -0.4 is 9.47 Å². The SMILES string of the molecule is COc1cc(OC)c(F)c(C(O)C2=CCc3ncc(Br)cc32)c1F. The molecule has 0 amide bonds. The summed E-state index contributed by atoms with van der Waals surface area (Å²) in [4.78, 5) is 4.25. The van der Waals surface area contributed by atoms with Crippen LogP contribution in [-0.4, -0.2) is 24.3 Å². The van der Waals surface area contributed by atoms with Crippen LogP contribution in [0.4, 0.5) is 8.78 Å². The van der Waals surface area contributed by atoms with Crippen LogP contribution >= 0.6 is 15.9 Å². The van der Waals surface area contributed by atoms with E-state index < -0.39 is 23.3 Å². The van der Waals surface area contributed by atoms with E-state index in [1.807, 2.05) is 0 Å². The second-order valence-electron chi connectivity index (χ2n) is 5.24. The standard InChI is InChI=1S/C17H14BrF2NO3/c1-23-12-6-13(24-2)16(20)14(15(12)19)17(22)9-3-4-11-10(9)5-8(18)7-21-11/h3,5-7,17,22H,4H2,1-2H3. The van der Waals surface area contributed by atoms with Crippen molar-refractivity contribution in [3.8, 4) is 11.5 Å². The number of ether oxygens (including phenoxy) is 2. The maximum Gasteiger partial charge on any atom is 0.174 e. The first-order chi connectivity index (χ1) is 11.5. The lowest BCUT2D eigenvalue weighted by atomic mass is 9.96. The molecule has 1 heterocycles. The van der Waals surface area contributed by atoms with Gasteiger partial charge in [0.1, 0.15) is 6.10 Å². The second kappa shape index (κ2) is 6.49. The van der Waals surface area contributed by atoms with Crippen molar-refractivity contribution in [1.29, 1.82) is 0 Å². The molecule has 1 unspecified atom stereocenters. The summed E-state index contributed by atoms with van der Waals surface area (Å²) in [6.07, 6.45) is 2.32. The van der Waals surface area contributed by atoms with Crippen molar-refractivity contribution in [2.24, 2.45) is 0 Å². The Kier molecular flexibility index (Phi) is 4.56. The molecule has 0 spiro atoms. The number of pyridine rings is 1. The molecule has 0 saturated carbocycles. The highest BCUT2D eigenvalue weighted by Gasteiger charge is 2.31. The van der Waals surface area contributed by atoms with E-state index in [-0.39, 0.29) is 11.5 Å². The van der Waals surface area contributed by atoms with Gasteiger partial charge in [-0.15, -0.1) is 0 Å². The van der Waals surface area contributed by atoms with Crippen LogP contribution in [0.25, 0.3) is 5.57 Å². The van der Waals surface area contributed by atoms with E-state index >= 15 is 0 Å². The summed E-state index contributed by atoms with van der Waals surface area (Å²) in [5, 5.41) is 10.7. The molecule has 126 valence electrons. The van der Waals surface area contributed by atoms with Crippen LogP contribution in [0.3, 0.4) is 0 Å². The third kappa shape index (κ3) is 2.67. The summed E-state index contributed by atoms with van der Waals surface area (Å²) in [5.74, 6) is -2.32. The first kappa shape index (κ1) is 16.9. The monoisotopic (exact) mass is 397 g/mol. The van der Waals surface area contributed by atoms with Gasteiger partial charge in [0.25, 0.3) is 0 Å². The van der Waals surface area contributed by atoms with Crippen LogP contribution in [0, 0.1) is 11.6 Å². The molecule has 0 aliphatic heterocycles. The highest BCUT2D eigenvalue weighted by Crippen LogP contribution is 2.42. The van der Waals surface area contributed by atoms with Crippen LogP contribution in [0.15, 0.2) is 28.9 Å². The quantitative estimate of drug-likeness (QED) is 0.851. The number of aliphatic hydroxyl groups excluding tert-OH is 1. The topological polar surface area (TPSA) is 51.6 Å². The minimum atomic E-state index is -1.51. The first-order valence-corrected chi connectivity index (χ1v) is 7.90. The van der Waals surface area contributed by atoms with Gasteiger partial charge in [-0.3, -0.25) is 4.98 Å². The van der Waals surface area contributed by atoms with Crippen LogP contribution in [0.5, 0.6) is 11.5 Å². The molecule has 24 heavy (non-hydrogen) atoms. The fourth-order valence-electron chi connectivity index (χ4n) is 2.76. The van der Waals surface area contributed by atoms with Gasteiger partial charge in [-0.1, -0.05) is 6.08 Å². The van der Waals surface area contributed by atoms with Gasteiger partial charge in [-0.05, 0) is 27.6 Å². The van der Waals surface area contributed by atoms with Crippen molar-refractivity contribution in [3.05, 3.63) is 57.3 Å². The van der Waals surface area contributed by atoms with Crippen LogP contribution in [-0.2, 0) is 6.42 Å². The van der Waals surface area contributed by atoms with Crippen molar-refractivity contribution in [2.45, 2.75) is 12.5 Å². The predicted molar refractivity (Wildman–Crippen MR) is 88.0 cm³/mol. The number of aliphatic hydroxyl groups is 1. The fourth-order valence-corrected chi connectivity index (χ4v) is 3.09. The summed E-state index contributed by atoms with van der Waals surface area (Å²) in [6.45, 7) is 0. The molecule has 0 saturated heterocycles. The van der Waals surface area contributed by atoms with Crippen LogP contribution in [0.1, 0.15) is 22.9 Å². The van der Waals surface area contributed by atoms with E-state index in [9.17, 15) is 13.9 Å². The molecule has 3 rings (SSSR count). The fraction of sp³-hybridized carbons (Fsp3) is 0.235. The average Bonchev–Trinajstić information content (AvgIpc) is 2.98. The molecule has 0 radical (unpaired) electrons. The first-order valence-electron chi connectivity index (χ1n) is 7.10. The Morgan fingerprint density at radius 3 is 2.38 bits per heavy atom. The smallest absolute Gasteiger partial charge is 0.174 e. The van der Waals surface area contributed by atoms with Crippen molar-refractivity contribution in [1.82, 2.24) is 4.98 Å². The molecule has 1 N–H and O–H groups in total.